The minimum absolute atomic E-state index is 0. The van der Waals surface area contributed by atoms with Crippen LogP contribution in [0.25, 0.3) is 0 Å². The molecule has 2 rings (SSSR count). The summed E-state index contributed by atoms with van der Waals surface area (Å²) in [6.07, 6.45) is 1.93. The van der Waals surface area contributed by atoms with Gasteiger partial charge in [-0.1, -0.05) is 0 Å². The zero-order chi connectivity index (χ0) is 19.3. The zero-order valence-corrected chi connectivity index (χ0v) is 20.0. The Morgan fingerprint density at radius 3 is 2.44 bits per heavy atom. The molecule has 2 N–H and O–H groups in total. The number of hydrogen-bond acceptors (Lipinski definition) is 3. The molecule has 0 radical (unpaired) electrons. The maximum atomic E-state index is 4.50. The highest BCUT2D eigenvalue weighted by Crippen LogP contribution is 2.14. The molecular weight excluding hydrogens is 453 g/mol. The lowest BCUT2D eigenvalue weighted by Crippen LogP contribution is -2.43. The Labute approximate surface area is 180 Å². The van der Waals surface area contributed by atoms with Crippen molar-refractivity contribution >= 4 is 29.9 Å². The summed E-state index contributed by atoms with van der Waals surface area (Å²) in [6, 6.07) is 2.39. The van der Waals surface area contributed by atoms with Crippen molar-refractivity contribution in [1.29, 1.82) is 0 Å². The first-order valence-electron chi connectivity index (χ1n) is 9.29. The third-order valence-electron chi connectivity index (χ3n) is 4.72. The first-order valence-corrected chi connectivity index (χ1v) is 9.29. The zero-order valence-electron chi connectivity index (χ0n) is 17.6. The minimum Gasteiger partial charge on any atom is -0.356 e. The van der Waals surface area contributed by atoms with Gasteiger partial charge < -0.3 is 10.6 Å². The molecule has 1 atom stereocenters. The summed E-state index contributed by atoms with van der Waals surface area (Å²) in [4.78, 5) is 4.34. The molecule has 0 saturated carbocycles. The van der Waals surface area contributed by atoms with Gasteiger partial charge in [-0.15, -0.1) is 24.0 Å². The third kappa shape index (κ3) is 6.51. The molecule has 0 spiro atoms. The van der Waals surface area contributed by atoms with Crippen molar-refractivity contribution < 1.29 is 0 Å². The Hall–Kier alpha value is -1.58. The number of guanidine groups is 1. The van der Waals surface area contributed by atoms with Crippen molar-refractivity contribution in [2.45, 2.75) is 60.0 Å². The smallest absolute Gasteiger partial charge is 0.191 e. The Kier molecular flexibility index (Phi) is 9.28. The number of aliphatic imine (C=N–C) groups is 1. The average Bonchev–Trinajstić information content (AvgIpc) is 3.02. The van der Waals surface area contributed by atoms with E-state index in [1.54, 1.807) is 0 Å². The number of halogens is 1. The molecule has 0 aromatic carbocycles. The van der Waals surface area contributed by atoms with Gasteiger partial charge in [0.15, 0.2) is 5.96 Å². The molecule has 0 bridgehead atoms. The molecule has 0 fully saturated rings. The van der Waals surface area contributed by atoms with E-state index in [0.29, 0.717) is 0 Å². The summed E-state index contributed by atoms with van der Waals surface area (Å²) in [5.74, 6) is 0.838. The number of aryl methyl sites for hydroxylation is 5. The molecule has 2 aromatic heterocycles. The van der Waals surface area contributed by atoms with Crippen LogP contribution in [0.15, 0.2) is 11.1 Å². The first-order chi connectivity index (χ1) is 12.3. The van der Waals surface area contributed by atoms with E-state index in [9.17, 15) is 0 Å². The molecule has 2 heterocycles. The normalized spacial score (nSPS) is 12.6. The van der Waals surface area contributed by atoms with Gasteiger partial charge in [0.2, 0.25) is 0 Å². The Balaban J connectivity index is 0.00000364. The van der Waals surface area contributed by atoms with E-state index in [1.165, 1.54) is 17.0 Å². The van der Waals surface area contributed by atoms with Gasteiger partial charge >= 0.3 is 0 Å². The van der Waals surface area contributed by atoms with Crippen LogP contribution in [0.5, 0.6) is 0 Å². The summed E-state index contributed by atoms with van der Waals surface area (Å²) in [5.41, 5.74) is 5.92. The van der Waals surface area contributed by atoms with E-state index in [1.807, 2.05) is 25.7 Å². The van der Waals surface area contributed by atoms with Crippen LogP contribution in [0.4, 0.5) is 0 Å². The summed E-state index contributed by atoms with van der Waals surface area (Å²) < 4.78 is 4.01. The SMILES string of the molecule is CN=C(NCCCn1nc(C)cc1C)NC(C)Cc1c(C)nn(C)c1C.I. The quantitative estimate of drug-likeness (QED) is 0.273. The second-order valence-corrected chi connectivity index (χ2v) is 7.03. The summed E-state index contributed by atoms with van der Waals surface area (Å²) in [6.45, 7) is 12.3. The fourth-order valence-corrected chi connectivity index (χ4v) is 3.24. The molecule has 0 aliphatic rings. The molecule has 2 aromatic rings. The standard InChI is InChI=1S/C19H33N7.HI/c1-13(12-18-16(4)24-25(7)17(18)5)22-19(20-6)21-9-8-10-26-15(3)11-14(2)23-26;/h11,13H,8-10,12H2,1-7H3,(H2,20,21,22);1H. The van der Waals surface area contributed by atoms with Gasteiger partial charge in [0.1, 0.15) is 0 Å². The third-order valence-corrected chi connectivity index (χ3v) is 4.72. The molecule has 0 amide bonds. The van der Waals surface area contributed by atoms with Crippen LogP contribution in [0, 0.1) is 27.7 Å². The monoisotopic (exact) mass is 487 g/mol. The van der Waals surface area contributed by atoms with Crippen LogP contribution in [0.1, 0.15) is 41.7 Å². The van der Waals surface area contributed by atoms with Crippen molar-refractivity contribution in [2.75, 3.05) is 13.6 Å². The van der Waals surface area contributed by atoms with Crippen LogP contribution in [0.3, 0.4) is 0 Å². The molecule has 1 unspecified atom stereocenters. The van der Waals surface area contributed by atoms with Gasteiger partial charge in [-0.25, -0.2) is 0 Å². The second kappa shape index (κ2) is 10.7. The van der Waals surface area contributed by atoms with Crippen LogP contribution in [-0.2, 0) is 20.0 Å². The molecule has 0 aliphatic heterocycles. The number of aromatic nitrogens is 4. The van der Waals surface area contributed by atoms with Crippen LogP contribution in [-0.4, -0.2) is 45.2 Å². The van der Waals surface area contributed by atoms with E-state index in [-0.39, 0.29) is 30.0 Å². The second-order valence-electron chi connectivity index (χ2n) is 7.03. The van der Waals surface area contributed by atoms with Crippen LogP contribution >= 0.6 is 24.0 Å². The van der Waals surface area contributed by atoms with Crippen molar-refractivity contribution in [3.8, 4) is 0 Å². The molecule has 0 aliphatic carbocycles. The van der Waals surface area contributed by atoms with Crippen LogP contribution in [0.2, 0.25) is 0 Å². The van der Waals surface area contributed by atoms with Crippen molar-refractivity contribution in [2.24, 2.45) is 12.0 Å². The molecule has 27 heavy (non-hydrogen) atoms. The molecule has 7 nitrogen and oxygen atoms in total. The minimum atomic E-state index is 0. The fraction of sp³-hybridized carbons (Fsp3) is 0.632. The Bertz CT molecular complexity index is 760. The highest BCUT2D eigenvalue weighted by atomic mass is 127. The Morgan fingerprint density at radius 2 is 1.93 bits per heavy atom. The van der Waals surface area contributed by atoms with Crippen molar-refractivity contribution in [3.63, 3.8) is 0 Å². The highest BCUT2D eigenvalue weighted by molar-refractivity contribution is 14.0. The van der Waals surface area contributed by atoms with Gasteiger partial charge in [0.25, 0.3) is 0 Å². The fourth-order valence-electron chi connectivity index (χ4n) is 3.24. The lowest BCUT2D eigenvalue weighted by atomic mass is 10.1. The molecule has 152 valence electrons. The molecular formula is C19H34IN7. The van der Waals surface area contributed by atoms with E-state index < -0.39 is 0 Å². The summed E-state index contributed by atoms with van der Waals surface area (Å²) >= 11 is 0. The van der Waals surface area contributed by atoms with E-state index in [0.717, 1.165) is 43.3 Å². The summed E-state index contributed by atoms with van der Waals surface area (Å²) in [7, 11) is 3.80. The predicted molar refractivity (Wildman–Crippen MR) is 122 cm³/mol. The topological polar surface area (TPSA) is 72.1 Å². The first kappa shape index (κ1) is 23.5. The maximum Gasteiger partial charge on any atom is 0.191 e. The number of hydrogen-bond donors (Lipinski definition) is 2. The number of nitrogens with one attached hydrogen (secondary N) is 2. The van der Waals surface area contributed by atoms with Gasteiger partial charge in [-0.05, 0) is 59.1 Å². The van der Waals surface area contributed by atoms with Crippen molar-refractivity contribution in [1.82, 2.24) is 30.2 Å². The van der Waals surface area contributed by atoms with E-state index >= 15 is 0 Å². The van der Waals surface area contributed by atoms with Gasteiger partial charge in [-0.3, -0.25) is 14.4 Å². The number of nitrogens with zero attached hydrogens (tertiary/aromatic N) is 5. The summed E-state index contributed by atoms with van der Waals surface area (Å²) in [5, 5.41) is 15.9. The highest BCUT2D eigenvalue weighted by Gasteiger charge is 2.13. The van der Waals surface area contributed by atoms with Gasteiger partial charge in [0.05, 0.1) is 11.4 Å². The van der Waals surface area contributed by atoms with E-state index in [2.05, 4.69) is 64.3 Å². The molecule has 0 saturated heterocycles. The van der Waals surface area contributed by atoms with Gasteiger partial charge in [-0.2, -0.15) is 10.2 Å². The van der Waals surface area contributed by atoms with E-state index in [4.69, 9.17) is 0 Å². The number of rotatable bonds is 7. The lowest BCUT2D eigenvalue weighted by molar-refractivity contribution is 0.551. The Morgan fingerprint density at radius 1 is 1.22 bits per heavy atom. The van der Waals surface area contributed by atoms with Crippen LogP contribution < -0.4 is 10.6 Å². The largest absolute Gasteiger partial charge is 0.356 e. The lowest BCUT2D eigenvalue weighted by Gasteiger charge is -2.18. The average molecular weight is 487 g/mol. The predicted octanol–water partition coefficient (Wildman–Crippen LogP) is 2.65. The van der Waals surface area contributed by atoms with Gasteiger partial charge in [0, 0.05) is 44.6 Å². The maximum absolute atomic E-state index is 4.50. The van der Waals surface area contributed by atoms with Crippen molar-refractivity contribution in [3.05, 3.63) is 34.4 Å². The molecule has 8 heteroatoms.